The lowest BCUT2D eigenvalue weighted by Crippen LogP contribution is -2.30. The lowest BCUT2D eigenvalue weighted by Gasteiger charge is -2.26. The monoisotopic (exact) mass is 307 g/mol. The predicted molar refractivity (Wildman–Crippen MR) is 88.2 cm³/mol. The second-order valence-electron chi connectivity index (χ2n) is 5.64. The van der Waals surface area contributed by atoms with Crippen molar-refractivity contribution in [3.8, 4) is 0 Å². The van der Waals surface area contributed by atoms with Crippen molar-refractivity contribution in [2.45, 2.75) is 19.9 Å². The Balaban J connectivity index is 2.16. The van der Waals surface area contributed by atoms with Crippen LogP contribution < -0.4 is 4.90 Å². The van der Waals surface area contributed by atoms with Gasteiger partial charge in [0.15, 0.2) is 11.5 Å². The van der Waals surface area contributed by atoms with Gasteiger partial charge in [0.25, 0.3) is 5.91 Å². The van der Waals surface area contributed by atoms with Crippen molar-refractivity contribution < 1.29 is 14.7 Å². The van der Waals surface area contributed by atoms with E-state index in [1.807, 2.05) is 61.5 Å². The van der Waals surface area contributed by atoms with Crippen molar-refractivity contribution in [3.63, 3.8) is 0 Å². The van der Waals surface area contributed by atoms with Crippen LogP contribution in [0.1, 0.15) is 24.1 Å². The number of carbonyl (C=O) groups is 2. The number of aryl methyl sites for hydroxylation is 1. The predicted octanol–water partition coefficient (Wildman–Crippen LogP) is 3.48. The molecule has 1 heterocycles. The van der Waals surface area contributed by atoms with E-state index >= 15 is 0 Å². The average molecular weight is 307 g/mol. The molecule has 1 atom stereocenters. The SMILES string of the molecule is CC(=O)C1=C(O)C(=O)N(c2ccc(C)cc2)[C@@H]1c1ccccc1. The molecule has 4 heteroatoms. The van der Waals surface area contributed by atoms with Crippen LogP contribution in [0.2, 0.25) is 0 Å². The molecule has 0 aliphatic carbocycles. The quantitative estimate of drug-likeness (QED) is 0.944. The maximum atomic E-state index is 12.6. The van der Waals surface area contributed by atoms with E-state index in [2.05, 4.69) is 0 Å². The Labute approximate surface area is 134 Å². The molecule has 2 aromatic carbocycles. The van der Waals surface area contributed by atoms with Gasteiger partial charge < -0.3 is 5.11 Å². The molecule has 0 bridgehead atoms. The van der Waals surface area contributed by atoms with Gasteiger partial charge in [-0.15, -0.1) is 0 Å². The molecule has 0 saturated heterocycles. The molecule has 1 amide bonds. The molecule has 0 radical (unpaired) electrons. The number of hydrogen-bond donors (Lipinski definition) is 1. The van der Waals surface area contributed by atoms with Crippen LogP contribution in [0.15, 0.2) is 65.9 Å². The third-order valence-corrected chi connectivity index (χ3v) is 4.01. The Bertz CT molecular complexity index is 791. The normalized spacial score (nSPS) is 17.7. The first-order chi connectivity index (χ1) is 11.0. The maximum Gasteiger partial charge on any atom is 0.294 e. The molecular formula is C19H17NO3. The van der Waals surface area contributed by atoms with E-state index < -0.39 is 17.7 Å². The van der Waals surface area contributed by atoms with Crippen LogP contribution in [0.4, 0.5) is 5.69 Å². The summed E-state index contributed by atoms with van der Waals surface area (Å²) in [5.74, 6) is -1.32. The molecule has 1 aliphatic heterocycles. The Morgan fingerprint density at radius 1 is 1.04 bits per heavy atom. The molecule has 1 aliphatic rings. The van der Waals surface area contributed by atoms with Crippen molar-refractivity contribution in [1.29, 1.82) is 0 Å². The van der Waals surface area contributed by atoms with Crippen LogP contribution >= 0.6 is 0 Å². The second-order valence-corrected chi connectivity index (χ2v) is 5.64. The van der Waals surface area contributed by atoms with Gasteiger partial charge in [0.1, 0.15) is 0 Å². The number of ketones is 1. The first-order valence-corrected chi connectivity index (χ1v) is 7.40. The van der Waals surface area contributed by atoms with Gasteiger partial charge in [-0.2, -0.15) is 0 Å². The number of amides is 1. The van der Waals surface area contributed by atoms with Crippen LogP contribution in [0.3, 0.4) is 0 Å². The lowest BCUT2D eigenvalue weighted by molar-refractivity contribution is -0.117. The smallest absolute Gasteiger partial charge is 0.294 e. The summed E-state index contributed by atoms with van der Waals surface area (Å²) < 4.78 is 0. The summed E-state index contributed by atoms with van der Waals surface area (Å²) in [6.45, 7) is 3.33. The fraction of sp³-hybridized carbons (Fsp3) is 0.158. The average Bonchev–Trinajstić information content (AvgIpc) is 2.81. The number of hydrogen-bond acceptors (Lipinski definition) is 3. The minimum atomic E-state index is -0.607. The van der Waals surface area contributed by atoms with Crippen LogP contribution in [0.25, 0.3) is 0 Å². The van der Waals surface area contributed by atoms with Crippen molar-refractivity contribution in [1.82, 2.24) is 0 Å². The highest BCUT2D eigenvalue weighted by Crippen LogP contribution is 2.40. The standard InChI is InChI=1S/C19H17NO3/c1-12-8-10-15(11-9-12)20-17(14-6-4-3-5-7-14)16(13(2)21)18(22)19(20)23/h3-11,17,22H,1-2H3/t17-/m1/s1. The Hall–Kier alpha value is -2.88. The molecule has 0 aromatic heterocycles. The summed E-state index contributed by atoms with van der Waals surface area (Å²) >= 11 is 0. The van der Waals surface area contributed by atoms with Crippen LogP contribution in [-0.2, 0) is 9.59 Å². The van der Waals surface area contributed by atoms with E-state index in [0.29, 0.717) is 5.69 Å². The van der Waals surface area contributed by atoms with Crippen molar-refractivity contribution in [3.05, 3.63) is 77.1 Å². The highest BCUT2D eigenvalue weighted by Gasteiger charge is 2.43. The molecular weight excluding hydrogens is 290 g/mol. The number of anilines is 1. The minimum Gasteiger partial charge on any atom is -0.503 e. The molecule has 3 rings (SSSR count). The number of benzene rings is 2. The summed E-state index contributed by atoms with van der Waals surface area (Å²) in [6, 6.07) is 16.1. The van der Waals surface area contributed by atoms with Gasteiger partial charge in [0, 0.05) is 5.69 Å². The van der Waals surface area contributed by atoms with Gasteiger partial charge in [-0.25, -0.2) is 0 Å². The van der Waals surface area contributed by atoms with Crippen LogP contribution in [-0.4, -0.2) is 16.8 Å². The third kappa shape index (κ3) is 2.52. The van der Waals surface area contributed by atoms with Gasteiger partial charge in [-0.1, -0.05) is 48.0 Å². The number of Topliss-reactive ketones (excluding diaryl/α,β-unsaturated/α-hetero) is 1. The Kier molecular flexibility index (Phi) is 3.74. The van der Waals surface area contributed by atoms with Gasteiger partial charge >= 0.3 is 0 Å². The van der Waals surface area contributed by atoms with Gasteiger partial charge in [-0.3, -0.25) is 14.5 Å². The van der Waals surface area contributed by atoms with E-state index in [9.17, 15) is 14.7 Å². The van der Waals surface area contributed by atoms with Crippen LogP contribution in [0.5, 0.6) is 0 Å². The van der Waals surface area contributed by atoms with Gasteiger partial charge in [0.05, 0.1) is 11.6 Å². The number of carbonyl (C=O) groups excluding carboxylic acids is 2. The summed E-state index contributed by atoms with van der Waals surface area (Å²) in [6.07, 6.45) is 0. The molecule has 4 nitrogen and oxygen atoms in total. The zero-order valence-corrected chi connectivity index (χ0v) is 13.0. The first kappa shape index (κ1) is 15.0. The highest BCUT2D eigenvalue weighted by atomic mass is 16.3. The molecule has 0 spiro atoms. The summed E-state index contributed by atoms with van der Waals surface area (Å²) in [5, 5.41) is 10.2. The van der Waals surface area contributed by atoms with E-state index in [4.69, 9.17) is 0 Å². The topological polar surface area (TPSA) is 57.6 Å². The Morgan fingerprint density at radius 3 is 2.22 bits per heavy atom. The summed E-state index contributed by atoms with van der Waals surface area (Å²) in [5.41, 5.74) is 2.65. The molecule has 0 saturated carbocycles. The largest absolute Gasteiger partial charge is 0.503 e. The lowest BCUT2D eigenvalue weighted by atomic mass is 9.96. The fourth-order valence-corrected chi connectivity index (χ4v) is 2.89. The van der Waals surface area contributed by atoms with Gasteiger partial charge in [-0.05, 0) is 31.5 Å². The number of aliphatic hydroxyl groups excluding tert-OH is 1. The zero-order valence-electron chi connectivity index (χ0n) is 13.0. The third-order valence-electron chi connectivity index (χ3n) is 4.01. The number of nitrogens with zero attached hydrogens (tertiary/aromatic N) is 1. The first-order valence-electron chi connectivity index (χ1n) is 7.40. The van der Waals surface area contributed by atoms with Crippen molar-refractivity contribution >= 4 is 17.4 Å². The highest BCUT2D eigenvalue weighted by molar-refractivity contribution is 6.16. The van der Waals surface area contributed by atoms with Crippen molar-refractivity contribution in [2.75, 3.05) is 4.90 Å². The molecule has 0 fully saturated rings. The molecule has 0 unspecified atom stereocenters. The van der Waals surface area contributed by atoms with Crippen LogP contribution in [0, 0.1) is 6.92 Å². The molecule has 116 valence electrons. The minimum absolute atomic E-state index is 0.141. The van der Waals surface area contributed by atoms with E-state index in [-0.39, 0.29) is 11.4 Å². The number of aliphatic hydroxyl groups is 1. The van der Waals surface area contributed by atoms with E-state index in [1.54, 1.807) is 0 Å². The zero-order chi connectivity index (χ0) is 16.6. The summed E-state index contributed by atoms with van der Waals surface area (Å²) in [4.78, 5) is 26.0. The maximum absolute atomic E-state index is 12.6. The summed E-state index contributed by atoms with van der Waals surface area (Å²) in [7, 11) is 0. The fourth-order valence-electron chi connectivity index (χ4n) is 2.89. The van der Waals surface area contributed by atoms with Crippen molar-refractivity contribution in [2.24, 2.45) is 0 Å². The van der Waals surface area contributed by atoms with E-state index in [0.717, 1.165) is 11.1 Å². The Morgan fingerprint density at radius 2 is 1.65 bits per heavy atom. The molecule has 23 heavy (non-hydrogen) atoms. The van der Waals surface area contributed by atoms with E-state index in [1.165, 1.54) is 11.8 Å². The molecule has 1 N–H and O–H groups in total. The molecule has 2 aromatic rings. The number of rotatable bonds is 3. The van der Waals surface area contributed by atoms with Gasteiger partial charge in [0.2, 0.25) is 0 Å². The second kappa shape index (κ2) is 5.72.